The normalized spacial score (nSPS) is 18.1. The number of hydrogen-bond acceptors (Lipinski definition) is 11. The predicted molar refractivity (Wildman–Crippen MR) is 242 cm³/mol. The number of alkyl carbamates (subject to hydrolysis) is 1. The van der Waals surface area contributed by atoms with Gasteiger partial charge in [-0.15, -0.1) is 0 Å². The number of fused-ring (bicyclic) bond motifs is 4. The minimum Gasteiger partial charge on any atom is -0.493 e. The third kappa shape index (κ3) is 13.3. The molecular weight excluding hydrogens is 851 g/mol. The van der Waals surface area contributed by atoms with Crippen LogP contribution in [0, 0.1) is 5.41 Å². The van der Waals surface area contributed by atoms with E-state index in [1.807, 2.05) is 60.7 Å². The Morgan fingerprint density at radius 3 is 2.06 bits per heavy atom. The number of nitrogens with one attached hydrogen (secondary N) is 8. The average Bonchev–Trinajstić information content (AvgIpc) is 3.63. The highest BCUT2D eigenvalue weighted by atomic mass is 16.5. The van der Waals surface area contributed by atoms with E-state index in [0.29, 0.717) is 19.6 Å². The highest BCUT2D eigenvalue weighted by molar-refractivity contribution is 6.06. The Bertz CT molecular complexity index is 2230. The SMILES string of the molecule is CN1CCc2c(cccc2OCCCNC(=O)CCNC(=O)C2(CNC(=O)CNC(=O)OCC3c4ccccc4-c4ccccc43)CNC(=O)CCNC(=O)CCNC(=O)CCNC2=O)C1. The summed E-state index contributed by atoms with van der Waals surface area (Å²) in [4.78, 5) is 107. The Labute approximate surface area is 383 Å². The van der Waals surface area contributed by atoms with Gasteiger partial charge in [0, 0.05) is 90.5 Å². The molecule has 0 aromatic heterocycles. The fourth-order valence-corrected chi connectivity index (χ4v) is 8.08. The lowest BCUT2D eigenvalue weighted by molar-refractivity contribution is -0.143. The zero-order valence-electron chi connectivity index (χ0n) is 37.2. The summed E-state index contributed by atoms with van der Waals surface area (Å²) in [7, 11) is 2.08. The molecule has 0 radical (unpaired) electrons. The number of carbonyl (C=O) groups excluding carboxylic acids is 8. The first-order chi connectivity index (χ1) is 31.9. The Hall–Kier alpha value is -7.02. The summed E-state index contributed by atoms with van der Waals surface area (Å²) < 4.78 is 11.6. The fraction of sp³-hybridized carbons (Fsp3) is 0.447. The van der Waals surface area contributed by atoms with Crippen LogP contribution in [0.4, 0.5) is 4.79 Å². The number of benzene rings is 3. The predicted octanol–water partition coefficient (Wildman–Crippen LogP) is 0.356. The fourth-order valence-electron chi connectivity index (χ4n) is 8.08. The molecule has 8 amide bonds. The van der Waals surface area contributed by atoms with Gasteiger partial charge in [0.15, 0.2) is 5.41 Å². The van der Waals surface area contributed by atoms with Gasteiger partial charge in [-0.2, -0.15) is 0 Å². The number of hydrogen-bond donors (Lipinski definition) is 8. The van der Waals surface area contributed by atoms with Crippen molar-refractivity contribution in [3.05, 3.63) is 89.0 Å². The van der Waals surface area contributed by atoms with Gasteiger partial charge in [0.1, 0.15) is 12.4 Å². The van der Waals surface area contributed by atoms with Crippen molar-refractivity contribution in [2.45, 2.75) is 51.0 Å². The van der Waals surface area contributed by atoms with E-state index in [1.165, 1.54) is 11.1 Å². The van der Waals surface area contributed by atoms with Crippen molar-refractivity contribution in [2.75, 3.05) is 79.2 Å². The van der Waals surface area contributed by atoms with Gasteiger partial charge in [0.05, 0.1) is 13.2 Å². The highest BCUT2D eigenvalue weighted by Gasteiger charge is 2.46. The van der Waals surface area contributed by atoms with Crippen molar-refractivity contribution in [3.63, 3.8) is 0 Å². The summed E-state index contributed by atoms with van der Waals surface area (Å²) in [6.45, 7) is 0.177. The maximum Gasteiger partial charge on any atom is 0.407 e. The van der Waals surface area contributed by atoms with E-state index in [4.69, 9.17) is 9.47 Å². The van der Waals surface area contributed by atoms with Crippen molar-refractivity contribution in [2.24, 2.45) is 5.41 Å². The molecule has 1 saturated heterocycles. The van der Waals surface area contributed by atoms with E-state index >= 15 is 0 Å². The number of ether oxygens (including phenoxy) is 2. The topological polar surface area (TPSA) is 254 Å². The Morgan fingerprint density at radius 1 is 0.712 bits per heavy atom. The van der Waals surface area contributed by atoms with Gasteiger partial charge >= 0.3 is 6.09 Å². The second-order valence-electron chi connectivity index (χ2n) is 16.5. The number of amides is 8. The highest BCUT2D eigenvalue weighted by Crippen LogP contribution is 2.44. The third-order valence-electron chi connectivity index (χ3n) is 11.7. The van der Waals surface area contributed by atoms with Crippen LogP contribution < -0.4 is 47.3 Å². The number of nitrogens with zero attached hydrogens (tertiary/aromatic N) is 1. The van der Waals surface area contributed by atoms with Crippen LogP contribution in [0.2, 0.25) is 0 Å². The smallest absolute Gasteiger partial charge is 0.407 e. The zero-order valence-corrected chi connectivity index (χ0v) is 37.2. The molecule has 3 aromatic rings. The number of likely N-dealkylation sites (N-methyl/N-ethyl adjacent to an activating group) is 1. The summed E-state index contributed by atoms with van der Waals surface area (Å²) in [5.41, 5.74) is 4.35. The summed E-state index contributed by atoms with van der Waals surface area (Å²) in [5, 5.41) is 20.6. The van der Waals surface area contributed by atoms with Gasteiger partial charge in [-0.25, -0.2) is 4.79 Å². The lowest BCUT2D eigenvalue weighted by Crippen LogP contribution is -2.62. The summed E-state index contributed by atoms with van der Waals surface area (Å²) in [6, 6.07) is 21.7. The first-order valence-corrected chi connectivity index (χ1v) is 22.3. The van der Waals surface area contributed by atoms with Gasteiger partial charge < -0.3 is 56.9 Å². The van der Waals surface area contributed by atoms with Gasteiger partial charge in [-0.1, -0.05) is 60.7 Å². The van der Waals surface area contributed by atoms with E-state index in [2.05, 4.69) is 60.5 Å². The van der Waals surface area contributed by atoms with Crippen LogP contribution in [-0.4, -0.2) is 132 Å². The van der Waals surface area contributed by atoms with Gasteiger partial charge in [-0.05, 0) is 59.3 Å². The lowest BCUT2D eigenvalue weighted by Gasteiger charge is -2.32. The molecule has 0 saturated carbocycles. The van der Waals surface area contributed by atoms with Crippen molar-refractivity contribution < 1.29 is 47.8 Å². The van der Waals surface area contributed by atoms with E-state index < -0.39 is 60.7 Å². The molecule has 1 unspecified atom stereocenters. The van der Waals surface area contributed by atoms with E-state index in [0.717, 1.165) is 47.5 Å². The minimum atomic E-state index is -2.20. The molecular formula is C47H59N9O10. The van der Waals surface area contributed by atoms with Gasteiger partial charge in [-0.3, -0.25) is 33.6 Å². The molecule has 352 valence electrons. The van der Waals surface area contributed by atoms with Crippen molar-refractivity contribution >= 4 is 47.4 Å². The molecule has 3 aliphatic rings. The first kappa shape index (κ1) is 48.4. The van der Waals surface area contributed by atoms with Crippen LogP contribution in [-0.2, 0) is 51.3 Å². The molecule has 1 fully saturated rings. The molecule has 0 spiro atoms. The number of carbonyl (C=O) groups is 8. The number of rotatable bonds is 15. The molecule has 2 aliphatic heterocycles. The molecule has 66 heavy (non-hydrogen) atoms. The molecule has 0 bridgehead atoms. The monoisotopic (exact) mass is 909 g/mol. The maximum atomic E-state index is 14.1. The van der Waals surface area contributed by atoms with Gasteiger partial charge in [0.2, 0.25) is 41.4 Å². The van der Waals surface area contributed by atoms with Crippen LogP contribution >= 0.6 is 0 Å². The molecule has 1 aliphatic carbocycles. The molecule has 8 N–H and O–H groups in total. The summed E-state index contributed by atoms with van der Waals surface area (Å²) in [6.07, 6.45) is -0.0277. The lowest BCUT2D eigenvalue weighted by atomic mass is 9.84. The van der Waals surface area contributed by atoms with Crippen LogP contribution in [0.5, 0.6) is 5.75 Å². The van der Waals surface area contributed by atoms with Crippen LogP contribution in [0.15, 0.2) is 66.7 Å². The van der Waals surface area contributed by atoms with E-state index in [-0.39, 0.29) is 76.2 Å². The minimum absolute atomic E-state index is 0.00675. The molecule has 19 heteroatoms. The maximum absolute atomic E-state index is 14.1. The molecule has 2 heterocycles. The standard InChI is InChI=1S/C47H59N9O10/c1-56-24-18-32-31(27-56)8-6-13-38(32)65-25-7-19-48-39(57)16-22-51-44(62)47(29-54-42(60)15-21-50-40(58)14-20-49-41(59)17-23-52-45(47)63)30-55-43(61)26-53-46(64)66-28-37-35-11-4-2-9-33(35)34-10-3-5-12-36(34)37/h2-6,8-13,37H,7,14-30H2,1H3,(H,48,57)(H,49,59)(H,50,58)(H,51,62)(H,52,63)(H,53,64)(H,54,60)(H,55,61). The van der Waals surface area contributed by atoms with Crippen LogP contribution in [0.1, 0.15) is 60.3 Å². The van der Waals surface area contributed by atoms with Gasteiger partial charge in [0.25, 0.3) is 0 Å². The second kappa shape index (κ2) is 23.8. The first-order valence-electron chi connectivity index (χ1n) is 22.3. The zero-order chi connectivity index (χ0) is 46.9. The van der Waals surface area contributed by atoms with Crippen LogP contribution in [0.25, 0.3) is 11.1 Å². The molecule has 6 rings (SSSR count). The summed E-state index contributed by atoms with van der Waals surface area (Å²) in [5.74, 6) is -3.84. The summed E-state index contributed by atoms with van der Waals surface area (Å²) >= 11 is 0. The second-order valence-corrected chi connectivity index (χ2v) is 16.5. The molecule has 1 atom stereocenters. The Kier molecular flexibility index (Phi) is 17.4. The van der Waals surface area contributed by atoms with Crippen molar-refractivity contribution in [1.82, 2.24) is 47.4 Å². The average molecular weight is 910 g/mol. The molecule has 3 aromatic carbocycles. The van der Waals surface area contributed by atoms with Crippen molar-refractivity contribution in [1.29, 1.82) is 0 Å². The Balaban J connectivity index is 1.04. The largest absolute Gasteiger partial charge is 0.493 e. The Morgan fingerprint density at radius 2 is 1.36 bits per heavy atom. The third-order valence-corrected chi connectivity index (χ3v) is 11.7. The van der Waals surface area contributed by atoms with E-state index in [1.54, 1.807) is 0 Å². The molecule has 19 nitrogen and oxygen atoms in total. The quantitative estimate of drug-likeness (QED) is 0.0764. The van der Waals surface area contributed by atoms with Crippen molar-refractivity contribution in [3.8, 4) is 16.9 Å². The van der Waals surface area contributed by atoms with Crippen LogP contribution in [0.3, 0.4) is 0 Å². The van der Waals surface area contributed by atoms with E-state index in [9.17, 15) is 38.4 Å².